The van der Waals surface area contributed by atoms with E-state index in [1.165, 1.54) is 12.5 Å². The lowest BCUT2D eigenvalue weighted by molar-refractivity contribution is -0.114. The van der Waals surface area contributed by atoms with E-state index in [1.54, 1.807) is 7.11 Å². The van der Waals surface area contributed by atoms with E-state index in [9.17, 15) is 4.79 Å². The van der Waals surface area contributed by atoms with Gasteiger partial charge in [0, 0.05) is 69.9 Å². The first-order chi connectivity index (χ1) is 15.0. The second-order valence-corrected chi connectivity index (χ2v) is 8.47. The molecule has 0 unspecified atom stereocenters. The Kier molecular flexibility index (Phi) is 5.00. The van der Waals surface area contributed by atoms with Gasteiger partial charge in [0.25, 0.3) is 0 Å². The summed E-state index contributed by atoms with van der Waals surface area (Å²) in [5.41, 5.74) is 3.68. The van der Waals surface area contributed by atoms with Gasteiger partial charge in [-0.15, -0.1) is 0 Å². The molecule has 2 aliphatic rings. The van der Waals surface area contributed by atoms with Crippen molar-refractivity contribution >= 4 is 22.6 Å². The fourth-order valence-corrected chi connectivity index (χ4v) is 4.44. The number of carbonyl (C=O) groups excluding carboxylic acids is 1. The molecule has 1 atom stereocenters. The lowest BCUT2D eigenvalue weighted by Gasteiger charge is -2.27. The van der Waals surface area contributed by atoms with E-state index in [-0.39, 0.29) is 5.91 Å². The van der Waals surface area contributed by atoms with Crippen molar-refractivity contribution in [2.24, 2.45) is 0 Å². The zero-order chi connectivity index (χ0) is 21.6. The average molecular weight is 422 g/mol. The summed E-state index contributed by atoms with van der Waals surface area (Å²) in [7, 11) is 1.72. The molecular formula is C23H27N5O3. The van der Waals surface area contributed by atoms with Crippen LogP contribution in [0.3, 0.4) is 0 Å². The maximum absolute atomic E-state index is 11.6. The van der Waals surface area contributed by atoms with E-state index in [2.05, 4.69) is 45.4 Å². The number of ether oxygens (including phenoxy) is 2. The van der Waals surface area contributed by atoms with Gasteiger partial charge < -0.3 is 24.7 Å². The quantitative estimate of drug-likeness (QED) is 0.658. The molecule has 2 fully saturated rings. The van der Waals surface area contributed by atoms with Gasteiger partial charge in [-0.3, -0.25) is 4.79 Å². The van der Waals surface area contributed by atoms with Crippen molar-refractivity contribution in [3.63, 3.8) is 0 Å². The Hall–Kier alpha value is -2.81. The number of carbonyl (C=O) groups is 1. The lowest BCUT2D eigenvalue weighted by atomic mass is 9.94. The highest BCUT2D eigenvalue weighted by Crippen LogP contribution is 2.36. The molecule has 2 N–H and O–H groups in total. The molecule has 0 spiro atoms. The molecule has 0 radical (unpaired) electrons. The molecule has 0 aromatic carbocycles. The molecule has 8 heteroatoms. The number of aryl methyl sites for hydroxylation is 1. The lowest BCUT2D eigenvalue weighted by Crippen LogP contribution is -2.39. The Morgan fingerprint density at radius 2 is 2.19 bits per heavy atom. The zero-order valence-electron chi connectivity index (χ0n) is 18.1. The van der Waals surface area contributed by atoms with Gasteiger partial charge in [-0.1, -0.05) is 0 Å². The number of nitrogens with one attached hydrogen (secondary N) is 2. The molecule has 162 valence electrons. The largest absolute Gasteiger partial charge is 0.378 e. The van der Waals surface area contributed by atoms with Crippen LogP contribution in [0.4, 0.5) is 5.82 Å². The van der Waals surface area contributed by atoms with Crippen LogP contribution in [0.5, 0.6) is 0 Å². The van der Waals surface area contributed by atoms with Gasteiger partial charge >= 0.3 is 0 Å². The maximum atomic E-state index is 11.6. The van der Waals surface area contributed by atoms with Crippen LogP contribution in [-0.2, 0) is 19.9 Å². The van der Waals surface area contributed by atoms with E-state index >= 15 is 0 Å². The first-order valence-electron chi connectivity index (χ1n) is 10.6. The number of methoxy groups -OCH3 is 1. The van der Waals surface area contributed by atoms with E-state index in [0.717, 1.165) is 47.5 Å². The standard InChI is InChI=1S/C23H27N5O3/c1-14-6-20(23(30-3)4-5-31-13-23)27-22(7-14)28-12-18(16-9-24-10-16)17-11-25-21(8-19(17)28)26-15(2)29/h6-8,11-12,16,24H,4-5,9-10,13H2,1-3H3,(H,25,26,29)/t23-/m0/s1. The number of rotatable bonds is 5. The topological polar surface area (TPSA) is 90.3 Å². The summed E-state index contributed by atoms with van der Waals surface area (Å²) in [6.45, 7) is 6.61. The van der Waals surface area contributed by atoms with Crippen LogP contribution >= 0.6 is 0 Å². The molecule has 31 heavy (non-hydrogen) atoms. The Balaban J connectivity index is 1.67. The summed E-state index contributed by atoms with van der Waals surface area (Å²) in [6.07, 6.45) is 4.79. The Labute approximate surface area is 181 Å². The van der Waals surface area contributed by atoms with Crippen molar-refractivity contribution < 1.29 is 14.3 Å². The summed E-state index contributed by atoms with van der Waals surface area (Å²) in [6, 6.07) is 6.07. The first-order valence-corrected chi connectivity index (χ1v) is 10.6. The van der Waals surface area contributed by atoms with Gasteiger partial charge in [0.1, 0.15) is 17.2 Å². The molecule has 2 saturated heterocycles. The minimum absolute atomic E-state index is 0.146. The van der Waals surface area contributed by atoms with Crippen LogP contribution in [0.1, 0.15) is 36.1 Å². The minimum Gasteiger partial charge on any atom is -0.378 e. The summed E-state index contributed by atoms with van der Waals surface area (Å²) in [5, 5.41) is 7.22. The van der Waals surface area contributed by atoms with Gasteiger partial charge in [-0.05, 0) is 30.2 Å². The first kappa shape index (κ1) is 20.1. The number of aromatic nitrogens is 3. The Bertz CT molecular complexity index is 1150. The summed E-state index contributed by atoms with van der Waals surface area (Å²) < 4.78 is 13.6. The van der Waals surface area contributed by atoms with Gasteiger partial charge in [0.05, 0.1) is 17.8 Å². The van der Waals surface area contributed by atoms with Crippen LogP contribution in [0.25, 0.3) is 16.7 Å². The smallest absolute Gasteiger partial charge is 0.222 e. The summed E-state index contributed by atoms with van der Waals surface area (Å²) in [5.74, 6) is 1.65. The van der Waals surface area contributed by atoms with Gasteiger partial charge in [0.2, 0.25) is 5.91 Å². The molecule has 3 aromatic heterocycles. The SMILES string of the molecule is CO[C@@]1(c2cc(C)cc(-n3cc(C4CNC4)c4cnc(NC(C)=O)cc43)n2)CCOC1. The fourth-order valence-electron chi connectivity index (χ4n) is 4.44. The fraction of sp³-hybridized carbons (Fsp3) is 0.435. The van der Waals surface area contributed by atoms with Crippen LogP contribution < -0.4 is 10.6 Å². The molecule has 0 bridgehead atoms. The number of hydrogen-bond acceptors (Lipinski definition) is 6. The van der Waals surface area contributed by atoms with Crippen molar-refractivity contribution in [2.75, 3.05) is 38.7 Å². The average Bonchev–Trinajstić information content (AvgIpc) is 3.32. The predicted molar refractivity (Wildman–Crippen MR) is 118 cm³/mol. The third-order valence-electron chi connectivity index (χ3n) is 6.29. The minimum atomic E-state index is -0.520. The van der Waals surface area contributed by atoms with Crippen LogP contribution in [0.2, 0.25) is 0 Å². The highest BCUT2D eigenvalue weighted by atomic mass is 16.5. The van der Waals surface area contributed by atoms with E-state index in [4.69, 9.17) is 14.5 Å². The second-order valence-electron chi connectivity index (χ2n) is 8.47. The molecule has 3 aromatic rings. The second kappa shape index (κ2) is 7.71. The number of nitrogens with zero attached hydrogens (tertiary/aromatic N) is 3. The molecule has 2 aliphatic heterocycles. The number of anilines is 1. The van der Waals surface area contributed by atoms with Gasteiger partial charge in [-0.25, -0.2) is 9.97 Å². The highest BCUT2D eigenvalue weighted by molar-refractivity contribution is 5.92. The third kappa shape index (κ3) is 3.50. The van der Waals surface area contributed by atoms with Crippen molar-refractivity contribution in [1.82, 2.24) is 19.9 Å². The Morgan fingerprint density at radius 1 is 1.35 bits per heavy atom. The molecule has 5 heterocycles. The summed E-state index contributed by atoms with van der Waals surface area (Å²) in [4.78, 5) is 21.0. The highest BCUT2D eigenvalue weighted by Gasteiger charge is 2.38. The van der Waals surface area contributed by atoms with Crippen molar-refractivity contribution in [3.8, 4) is 5.82 Å². The normalized spacial score (nSPS) is 21.4. The predicted octanol–water partition coefficient (Wildman–Crippen LogP) is 2.64. The number of pyridine rings is 2. The molecule has 0 saturated carbocycles. The maximum Gasteiger partial charge on any atom is 0.222 e. The zero-order valence-corrected chi connectivity index (χ0v) is 18.1. The van der Waals surface area contributed by atoms with Gasteiger partial charge in [-0.2, -0.15) is 0 Å². The van der Waals surface area contributed by atoms with Crippen LogP contribution in [0, 0.1) is 6.92 Å². The van der Waals surface area contributed by atoms with Crippen molar-refractivity contribution in [3.05, 3.63) is 47.4 Å². The third-order valence-corrected chi connectivity index (χ3v) is 6.29. The Morgan fingerprint density at radius 3 is 2.84 bits per heavy atom. The van der Waals surface area contributed by atoms with Crippen LogP contribution in [0.15, 0.2) is 30.6 Å². The molecule has 0 aliphatic carbocycles. The van der Waals surface area contributed by atoms with Crippen LogP contribution in [-0.4, -0.2) is 53.9 Å². The number of fused-ring (bicyclic) bond motifs is 1. The van der Waals surface area contributed by atoms with E-state index in [0.29, 0.717) is 24.9 Å². The molecule has 1 amide bonds. The van der Waals surface area contributed by atoms with Gasteiger partial charge in [0.15, 0.2) is 0 Å². The molecular weight excluding hydrogens is 394 g/mol. The van der Waals surface area contributed by atoms with E-state index in [1.807, 2.05) is 12.3 Å². The molecule has 8 nitrogen and oxygen atoms in total. The number of amides is 1. The number of hydrogen-bond donors (Lipinski definition) is 2. The molecule has 5 rings (SSSR count). The van der Waals surface area contributed by atoms with E-state index < -0.39 is 5.60 Å². The summed E-state index contributed by atoms with van der Waals surface area (Å²) >= 11 is 0. The van der Waals surface area contributed by atoms with Crippen molar-refractivity contribution in [2.45, 2.75) is 31.8 Å². The van der Waals surface area contributed by atoms with Crippen molar-refractivity contribution in [1.29, 1.82) is 0 Å². The monoisotopic (exact) mass is 421 g/mol.